The van der Waals surface area contributed by atoms with E-state index in [0.717, 1.165) is 5.56 Å². The lowest BCUT2D eigenvalue weighted by Crippen LogP contribution is -2.39. The Labute approximate surface area is 211 Å². The summed E-state index contributed by atoms with van der Waals surface area (Å²) >= 11 is 7.25. The van der Waals surface area contributed by atoms with E-state index in [1.165, 1.54) is 22.0 Å². The number of phenols is 1. The predicted molar refractivity (Wildman–Crippen MR) is 136 cm³/mol. The van der Waals surface area contributed by atoms with Crippen LogP contribution < -0.4 is 19.6 Å². The molecule has 0 saturated heterocycles. The van der Waals surface area contributed by atoms with Crippen LogP contribution in [0.25, 0.3) is 6.08 Å². The molecule has 182 valence electrons. The Kier molecular flexibility index (Phi) is 7.14. The number of hydrogen-bond donors (Lipinski definition) is 1. The molecule has 35 heavy (non-hydrogen) atoms. The molecule has 1 aliphatic heterocycles. The summed E-state index contributed by atoms with van der Waals surface area (Å²) in [6.45, 7) is 7.54. The molecule has 7 nitrogen and oxygen atoms in total. The second kappa shape index (κ2) is 10.1. The predicted octanol–water partition coefficient (Wildman–Crippen LogP) is 3.94. The molecule has 0 bridgehead atoms. The zero-order chi connectivity index (χ0) is 25.3. The maximum atomic E-state index is 13.6. The molecule has 1 N–H and O–H groups in total. The smallest absolute Gasteiger partial charge is 0.338 e. The number of phenolic OH excluding ortho intramolecular Hbond substituents is 1. The number of benzene rings is 2. The number of halogens is 1. The van der Waals surface area contributed by atoms with Crippen LogP contribution in [-0.2, 0) is 9.53 Å². The first kappa shape index (κ1) is 24.8. The van der Waals surface area contributed by atoms with Crippen molar-refractivity contribution in [2.45, 2.75) is 39.8 Å². The van der Waals surface area contributed by atoms with Gasteiger partial charge in [0.25, 0.3) is 5.56 Å². The van der Waals surface area contributed by atoms with Crippen molar-refractivity contribution in [2.24, 2.45) is 4.99 Å². The van der Waals surface area contributed by atoms with E-state index in [-0.39, 0.29) is 24.0 Å². The molecule has 2 aromatic carbocycles. The molecule has 0 amide bonds. The summed E-state index contributed by atoms with van der Waals surface area (Å²) in [5.41, 5.74) is 1.57. The van der Waals surface area contributed by atoms with Crippen molar-refractivity contribution in [3.8, 4) is 11.5 Å². The first-order valence-electron chi connectivity index (χ1n) is 11.1. The van der Waals surface area contributed by atoms with E-state index in [9.17, 15) is 14.7 Å². The summed E-state index contributed by atoms with van der Waals surface area (Å²) in [5, 5.41) is 10.7. The first-order chi connectivity index (χ1) is 16.7. The highest BCUT2D eigenvalue weighted by atomic mass is 35.5. The largest absolute Gasteiger partial charge is 0.507 e. The second-order valence-electron chi connectivity index (χ2n) is 8.24. The van der Waals surface area contributed by atoms with Gasteiger partial charge in [0.2, 0.25) is 0 Å². The number of esters is 1. The molecule has 1 unspecified atom stereocenters. The molecular weight excluding hydrogens is 488 g/mol. The van der Waals surface area contributed by atoms with E-state index in [0.29, 0.717) is 36.9 Å². The highest BCUT2D eigenvalue weighted by molar-refractivity contribution is 7.07. The van der Waals surface area contributed by atoms with E-state index in [4.69, 9.17) is 21.1 Å². The third-order valence-corrected chi connectivity index (χ3v) is 6.58. The molecule has 0 aliphatic carbocycles. The number of aromatic nitrogens is 1. The number of rotatable bonds is 6. The van der Waals surface area contributed by atoms with Gasteiger partial charge in [-0.15, -0.1) is 0 Å². The number of nitrogens with zero attached hydrogens (tertiary/aromatic N) is 2. The van der Waals surface area contributed by atoms with Gasteiger partial charge >= 0.3 is 5.97 Å². The lowest BCUT2D eigenvalue weighted by Gasteiger charge is -2.25. The lowest BCUT2D eigenvalue weighted by atomic mass is 9.96. The summed E-state index contributed by atoms with van der Waals surface area (Å²) < 4.78 is 12.9. The van der Waals surface area contributed by atoms with Crippen LogP contribution in [0.4, 0.5) is 0 Å². The molecule has 0 fully saturated rings. The van der Waals surface area contributed by atoms with Crippen molar-refractivity contribution in [2.75, 3.05) is 6.61 Å². The molecule has 2 heterocycles. The number of aromatic hydroxyl groups is 1. The van der Waals surface area contributed by atoms with Gasteiger partial charge in [-0.3, -0.25) is 9.36 Å². The third-order valence-electron chi connectivity index (χ3n) is 5.36. The Balaban J connectivity index is 1.92. The van der Waals surface area contributed by atoms with Crippen molar-refractivity contribution in [1.29, 1.82) is 0 Å². The summed E-state index contributed by atoms with van der Waals surface area (Å²) in [7, 11) is 0. The Morgan fingerprint density at radius 2 is 1.97 bits per heavy atom. The molecule has 1 aromatic heterocycles. The van der Waals surface area contributed by atoms with Crippen molar-refractivity contribution >= 4 is 35.0 Å². The SMILES string of the molecule is CCOC(=O)C1=C(C)N=c2s/c(=C/c3cc(Cl)ccc3O)c(=O)n2C1c1ccc(OC(C)C)cc1. The van der Waals surface area contributed by atoms with E-state index in [1.807, 2.05) is 38.1 Å². The minimum Gasteiger partial charge on any atom is -0.507 e. The Hall–Kier alpha value is -3.36. The van der Waals surface area contributed by atoms with Gasteiger partial charge in [0.1, 0.15) is 11.5 Å². The number of ether oxygens (including phenoxy) is 2. The molecular formula is C26H25ClN2O5S. The van der Waals surface area contributed by atoms with E-state index < -0.39 is 12.0 Å². The van der Waals surface area contributed by atoms with Crippen LogP contribution in [0.3, 0.4) is 0 Å². The maximum Gasteiger partial charge on any atom is 0.338 e. The number of carbonyl (C=O) groups excluding carboxylic acids is 1. The van der Waals surface area contributed by atoms with Crippen LogP contribution in [0, 0.1) is 0 Å². The molecule has 0 radical (unpaired) electrons. The van der Waals surface area contributed by atoms with Crippen LogP contribution in [0.1, 0.15) is 44.9 Å². The van der Waals surface area contributed by atoms with Gasteiger partial charge < -0.3 is 14.6 Å². The summed E-state index contributed by atoms with van der Waals surface area (Å²) in [4.78, 5) is 31.6. The lowest BCUT2D eigenvalue weighted by molar-refractivity contribution is -0.139. The number of thiazole rings is 1. The highest BCUT2D eigenvalue weighted by Gasteiger charge is 2.33. The average Bonchev–Trinajstić information content (AvgIpc) is 3.10. The van der Waals surface area contributed by atoms with Gasteiger partial charge in [-0.1, -0.05) is 35.1 Å². The van der Waals surface area contributed by atoms with Gasteiger partial charge in [0, 0.05) is 10.6 Å². The first-order valence-corrected chi connectivity index (χ1v) is 12.3. The summed E-state index contributed by atoms with van der Waals surface area (Å²) in [5.74, 6) is 0.162. The number of hydrogen-bond acceptors (Lipinski definition) is 7. The van der Waals surface area contributed by atoms with Crippen molar-refractivity contribution in [3.63, 3.8) is 0 Å². The van der Waals surface area contributed by atoms with Crippen LogP contribution in [0.5, 0.6) is 11.5 Å². The molecule has 9 heteroatoms. The second-order valence-corrected chi connectivity index (χ2v) is 9.69. The van der Waals surface area contributed by atoms with Crippen LogP contribution in [0.2, 0.25) is 5.02 Å². The fourth-order valence-corrected chi connectivity index (χ4v) is 5.11. The molecule has 4 rings (SSSR count). The third kappa shape index (κ3) is 5.04. The maximum absolute atomic E-state index is 13.6. The quantitative estimate of drug-likeness (QED) is 0.505. The Morgan fingerprint density at radius 1 is 1.26 bits per heavy atom. The minimum atomic E-state index is -0.728. The van der Waals surface area contributed by atoms with Gasteiger partial charge in [-0.25, -0.2) is 9.79 Å². The fraction of sp³-hybridized carbons (Fsp3) is 0.269. The monoisotopic (exact) mass is 512 g/mol. The molecule has 1 aliphatic rings. The van der Waals surface area contributed by atoms with Gasteiger partial charge in [0.05, 0.1) is 34.6 Å². The van der Waals surface area contributed by atoms with Crippen LogP contribution >= 0.6 is 22.9 Å². The minimum absolute atomic E-state index is 0.000852. The van der Waals surface area contributed by atoms with E-state index in [2.05, 4.69) is 4.99 Å². The Morgan fingerprint density at radius 3 is 2.63 bits per heavy atom. The standard InChI is InChI=1S/C26H25ClN2O5S/c1-5-33-25(32)22-15(4)28-26-29(23(22)16-6-9-19(10-7-16)34-14(2)3)24(31)21(35-26)13-17-12-18(27)8-11-20(17)30/h6-14,23,30H,5H2,1-4H3/b21-13+. The zero-order valence-electron chi connectivity index (χ0n) is 19.7. The van der Waals surface area contributed by atoms with E-state index in [1.54, 1.807) is 32.1 Å². The number of fused-ring (bicyclic) bond motifs is 1. The normalized spacial score (nSPS) is 15.7. The average molecular weight is 513 g/mol. The zero-order valence-corrected chi connectivity index (χ0v) is 21.3. The molecule has 3 aromatic rings. The van der Waals surface area contributed by atoms with Crippen molar-refractivity contribution in [1.82, 2.24) is 4.57 Å². The topological polar surface area (TPSA) is 90.1 Å². The summed E-state index contributed by atoms with van der Waals surface area (Å²) in [6.07, 6.45) is 1.59. The number of carbonyl (C=O) groups is 1. The molecule has 0 saturated carbocycles. The van der Waals surface area contributed by atoms with Gasteiger partial charge in [0.15, 0.2) is 4.80 Å². The number of allylic oxidation sites excluding steroid dienone is 1. The van der Waals surface area contributed by atoms with Gasteiger partial charge in [-0.2, -0.15) is 0 Å². The molecule has 1 atom stereocenters. The van der Waals surface area contributed by atoms with E-state index >= 15 is 0 Å². The molecule has 0 spiro atoms. The fourth-order valence-electron chi connectivity index (χ4n) is 3.89. The summed E-state index contributed by atoms with van der Waals surface area (Å²) in [6, 6.07) is 11.2. The van der Waals surface area contributed by atoms with Crippen LogP contribution in [-0.4, -0.2) is 28.4 Å². The van der Waals surface area contributed by atoms with Gasteiger partial charge in [-0.05, 0) is 69.7 Å². The Bertz CT molecular complexity index is 1490. The highest BCUT2D eigenvalue weighted by Crippen LogP contribution is 2.32. The van der Waals surface area contributed by atoms with Crippen LogP contribution in [0.15, 0.2) is 63.5 Å². The van der Waals surface area contributed by atoms with Crippen molar-refractivity contribution < 1.29 is 19.4 Å². The van der Waals surface area contributed by atoms with Crippen molar-refractivity contribution in [3.05, 3.63) is 89.6 Å².